The lowest BCUT2D eigenvalue weighted by atomic mass is 10.00. The molecule has 1 aliphatic rings. The van der Waals surface area contributed by atoms with Gasteiger partial charge in [0.2, 0.25) is 17.7 Å². The van der Waals surface area contributed by atoms with E-state index in [1.54, 1.807) is 4.90 Å². The van der Waals surface area contributed by atoms with Gasteiger partial charge < -0.3 is 26.4 Å². The molecule has 1 heterocycles. The number of amides is 3. The standard InChI is InChI=1S/C27H38N4O4.ClH/c1-3-19(4-2)27(35)31-13-7-10-24(31)26(34)30-23(25(33)29-17-22(32)16-28)15-18-11-12-20-8-5-6-9-21(20)14-18;/h5-6,8-9,11-12,14,19,22-24,32H,3-4,7,10,13,15-17,28H2,1-2H3,(H,29,33)(H,30,34);1H/t22-,23+,24?;/m0./s1. The van der Waals surface area contributed by atoms with Crippen molar-refractivity contribution in [3.63, 3.8) is 0 Å². The fraction of sp³-hybridized carbons (Fsp3) is 0.519. The van der Waals surface area contributed by atoms with Crippen LogP contribution in [0.4, 0.5) is 0 Å². The van der Waals surface area contributed by atoms with E-state index in [1.165, 1.54) is 0 Å². The van der Waals surface area contributed by atoms with Crippen LogP contribution in [-0.2, 0) is 20.8 Å². The first kappa shape index (κ1) is 29.5. The third-order valence-electron chi connectivity index (χ3n) is 6.84. The van der Waals surface area contributed by atoms with Gasteiger partial charge in [0, 0.05) is 32.0 Å². The summed E-state index contributed by atoms with van der Waals surface area (Å²) in [5, 5.41) is 17.5. The number of benzene rings is 2. The van der Waals surface area contributed by atoms with Gasteiger partial charge in [-0.05, 0) is 42.0 Å². The van der Waals surface area contributed by atoms with Crippen LogP contribution in [0, 0.1) is 5.92 Å². The highest BCUT2D eigenvalue weighted by Gasteiger charge is 2.37. The molecule has 0 spiro atoms. The molecule has 3 rings (SSSR count). The van der Waals surface area contributed by atoms with Crippen LogP contribution >= 0.6 is 12.4 Å². The van der Waals surface area contributed by atoms with Gasteiger partial charge >= 0.3 is 0 Å². The number of halogens is 1. The highest BCUT2D eigenvalue weighted by Crippen LogP contribution is 2.23. The van der Waals surface area contributed by atoms with Crippen LogP contribution in [0.1, 0.15) is 45.1 Å². The minimum atomic E-state index is -0.862. The van der Waals surface area contributed by atoms with Crippen molar-refractivity contribution < 1.29 is 19.5 Å². The van der Waals surface area contributed by atoms with Gasteiger partial charge in [-0.25, -0.2) is 0 Å². The van der Waals surface area contributed by atoms with Crippen molar-refractivity contribution in [3.05, 3.63) is 48.0 Å². The molecular formula is C27H39ClN4O4. The van der Waals surface area contributed by atoms with Gasteiger partial charge in [-0.3, -0.25) is 14.4 Å². The Bertz CT molecular complexity index is 1030. The molecule has 5 N–H and O–H groups in total. The summed E-state index contributed by atoms with van der Waals surface area (Å²) in [5.74, 6) is -0.802. The van der Waals surface area contributed by atoms with Crippen LogP contribution in [0.15, 0.2) is 42.5 Å². The second kappa shape index (κ2) is 14.2. The van der Waals surface area contributed by atoms with E-state index in [0.717, 1.165) is 35.6 Å². The number of rotatable bonds is 11. The van der Waals surface area contributed by atoms with E-state index in [4.69, 9.17) is 5.73 Å². The second-order valence-corrected chi connectivity index (χ2v) is 9.28. The number of likely N-dealkylation sites (tertiary alicyclic amines) is 1. The Balaban J connectivity index is 0.00000456. The van der Waals surface area contributed by atoms with Crippen LogP contribution in [0.3, 0.4) is 0 Å². The van der Waals surface area contributed by atoms with Crippen molar-refractivity contribution in [1.29, 1.82) is 0 Å². The minimum absolute atomic E-state index is 0. The number of carbonyl (C=O) groups excluding carboxylic acids is 3. The quantitative estimate of drug-likeness (QED) is 0.363. The van der Waals surface area contributed by atoms with E-state index in [0.29, 0.717) is 13.0 Å². The molecule has 1 saturated heterocycles. The van der Waals surface area contributed by atoms with Crippen molar-refractivity contribution in [3.8, 4) is 0 Å². The van der Waals surface area contributed by atoms with Crippen LogP contribution < -0.4 is 16.4 Å². The molecule has 198 valence electrons. The third kappa shape index (κ3) is 7.41. The monoisotopic (exact) mass is 518 g/mol. The van der Waals surface area contributed by atoms with Gasteiger partial charge in [0.1, 0.15) is 12.1 Å². The molecule has 3 atom stereocenters. The Kier molecular flexibility index (Phi) is 11.6. The van der Waals surface area contributed by atoms with E-state index in [1.807, 2.05) is 56.3 Å². The van der Waals surface area contributed by atoms with Gasteiger partial charge in [-0.1, -0.05) is 56.3 Å². The first-order valence-corrected chi connectivity index (χ1v) is 12.6. The molecule has 36 heavy (non-hydrogen) atoms. The number of nitrogens with two attached hydrogens (primary N) is 1. The molecular weight excluding hydrogens is 480 g/mol. The summed E-state index contributed by atoms with van der Waals surface area (Å²) in [6, 6.07) is 12.5. The van der Waals surface area contributed by atoms with Gasteiger partial charge in [0.25, 0.3) is 0 Å². The van der Waals surface area contributed by atoms with E-state index in [2.05, 4.69) is 10.6 Å². The lowest BCUT2D eigenvalue weighted by Crippen LogP contribution is -2.55. The zero-order valence-electron chi connectivity index (χ0n) is 21.1. The van der Waals surface area contributed by atoms with E-state index in [9.17, 15) is 19.5 Å². The van der Waals surface area contributed by atoms with Gasteiger partial charge in [-0.15, -0.1) is 12.4 Å². The highest BCUT2D eigenvalue weighted by atomic mass is 35.5. The van der Waals surface area contributed by atoms with Crippen molar-refractivity contribution >= 4 is 40.9 Å². The molecule has 0 saturated carbocycles. The fourth-order valence-electron chi connectivity index (χ4n) is 4.68. The summed E-state index contributed by atoms with van der Waals surface area (Å²) in [4.78, 5) is 41.0. The SMILES string of the molecule is CCC(CC)C(=O)N1CCCC1C(=O)N[C@H](Cc1ccc2ccccc2c1)C(=O)NC[C@@H](O)CN.Cl. The Labute approximate surface area is 219 Å². The second-order valence-electron chi connectivity index (χ2n) is 9.28. The number of fused-ring (bicyclic) bond motifs is 1. The van der Waals surface area contributed by atoms with Gasteiger partial charge in [0.05, 0.1) is 6.10 Å². The molecule has 0 aliphatic carbocycles. The zero-order valence-corrected chi connectivity index (χ0v) is 21.9. The normalized spacial score (nSPS) is 16.9. The summed E-state index contributed by atoms with van der Waals surface area (Å²) < 4.78 is 0. The summed E-state index contributed by atoms with van der Waals surface area (Å²) in [6.07, 6.45) is 2.22. The minimum Gasteiger partial charge on any atom is -0.390 e. The molecule has 9 heteroatoms. The Morgan fingerprint density at radius 2 is 1.81 bits per heavy atom. The average Bonchev–Trinajstić information content (AvgIpc) is 3.37. The van der Waals surface area contributed by atoms with E-state index in [-0.39, 0.29) is 49.6 Å². The van der Waals surface area contributed by atoms with Crippen molar-refractivity contribution in [2.24, 2.45) is 11.7 Å². The lowest BCUT2D eigenvalue weighted by Gasteiger charge is -2.29. The maximum absolute atomic E-state index is 13.3. The van der Waals surface area contributed by atoms with Crippen molar-refractivity contribution in [2.45, 2.75) is 64.1 Å². The number of nitrogens with one attached hydrogen (secondary N) is 2. The lowest BCUT2D eigenvalue weighted by molar-refractivity contribution is -0.142. The number of aliphatic hydroxyl groups excluding tert-OH is 1. The molecule has 3 amide bonds. The fourth-order valence-corrected chi connectivity index (χ4v) is 4.68. The molecule has 0 radical (unpaired) electrons. The predicted octanol–water partition coefficient (Wildman–Crippen LogP) is 2.15. The average molecular weight is 519 g/mol. The number of hydrogen-bond donors (Lipinski definition) is 4. The summed E-state index contributed by atoms with van der Waals surface area (Å²) in [7, 11) is 0. The molecule has 0 bridgehead atoms. The number of carbonyl (C=O) groups is 3. The van der Waals surface area contributed by atoms with E-state index >= 15 is 0 Å². The van der Waals surface area contributed by atoms with Crippen LogP contribution in [0.5, 0.6) is 0 Å². The third-order valence-corrected chi connectivity index (χ3v) is 6.84. The maximum Gasteiger partial charge on any atom is 0.243 e. The van der Waals surface area contributed by atoms with E-state index < -0.39 is 24.1 Å². The molecule has 1 fully saturated rings. The smallest absolute Gasteiger partial charge is 0.243 e. The Morgan fingerprint density at radius 3 is 2.47 bits per heavy atom. The molecule has 1 aliphatic heterocycles. The van der Waals surface area contributed by atoms with Crippen molar-refractivity contribution in [2.75, 3.05) is 19.6 Å². The van der Waals surface area contributed by atoms with Crippen LogP contribution in [-0.4, -0.2) is 65.5 Å². The Morgan fingerprint density at radius 1 is 1.11 bits per heavy atom. The molecule has 0 aromatic heterocycles. The molecule has 2 aromatic carbocycles. The number of aliphatic hydroxyl groups is 1. The van der Waals surface area contributed by atoms with Gasteiger partial charge in [-0.2, -0.15) is 0 Å². The first-order chi connectivity index (χ1) is 16.9. The molecule has 8 nitrogen and oxygen atoms in total. The Hall–Kier alpha value is -2.68. The summed E-state index contributed by atoms with van der Waals surface area (Å²) >= 11 is 0. The maximum atomic E-state index is 13.3. The zero-order chi connectivity index (χ0) is 25.4. The topological polar surface area (TPSA) is 125 Å². The highest BCUT2D eigenvalue weighted by molar-refractivity contribution is 5.93. The molecule has 1 unspecified atom stereocenters. The summed E-state index contributed by atoms with van der Waals surface area (Å²) in [5.41, 5.74) is 6.36. The largest absolute Gasteiger partial charge is 0.390 e. The number of nitrogens with zero attached hydrogens (tertiary/aromatic N) is 1. The first-order valence-electron chi connectivity index (χ1n) is 12.6. The predicted molar refractivity (Wildman–Crippen MR) is 144 cm³/mol. The summed E-state index contributed by atoms with van der Waals surface area (Å²) in [6.45, 7) is 4.55. The van der Waals surface area contributed by atoms with Crippen molar-refractivity contribution in [1.82, 2.24) is 15.5 Å². The van der Waals surface area contributed by atoms with Gasteiger partial charge in [0.15, 0.2) is 0 Å². The number of hydrogen-bond acceptors (Lipinski definition) is 5. The van der Waals surface area contributed by atoms with Crippen LogP contribution in [0.25, 0.3) is 10.8 Å². The van der Waals surface area contributed by atoms with Crippen LogP contribution in [0.2, 0.25) is 0 Å². The molecule has 2 aromatic rings.